The van der Waals surface area contributed by atoms with E-state index in [4.69, 9.17) is 4.72 Å². The average Bonchev–Trinajstić information content (AvgIpc) is 2.19. The Balaban J connectivity index is 0.000000671. The van der Waals surface area contributed by atoms with Crippen LogP contribution in [0.1, 0.15) is 19.4 Å². The number of nitrogens with one attached hydrogen (secondary N) is 1. The van der Waals surface area contributed by atoms with Crippen LogP contribution in [-0.4, -0.2) is 12.5 Å². The minimum atomic E-state index is 0.537. The summed E-state index contributed by atoms with van der Waals surface area (Å²) in [4.78, 5) is 4.02. The molecule has 0 amide bonds. The van der Waals surface area contributed by atoms with Crippen molar-refractivity contribution in [2.75, 3.05) is 0 Å². The Morgan fingerprint density at radius 2 is 2.42 bits per heavy atom. The second-order valence-electron chi connectivity index (χ2n) is 2.90. The van der Waals surface area contributed by atoms with Gasteiger partial charge in [0.1, 0.15) is 0 Å². The first-order valence-corrected chi connectivity index (χ1v) is 3.91. The number of rotatable bonds is 3. The molecule has 0 unspecified atom stereocenters. The van der Waals surface area contributed by atoms with Gasteiger partial charge in [0.25, 0.3) is 1.45 Å². The monoisotopic (exact) mass is 172 g/mol. The third-order valence-corrected chi connectivity index (χ3v) is 1.44. The lowest BCUT2D eigenvalue weighted by atomic mass is 10.2. The SMILES string of the molecule is CC(C)NCc1cccnc1.[3H]F. The molecule has 3 heteroatoms. The van der Waals surface area contributed by atoms with Crippen LogP contribution in [0.3, 0.4) is 0 Å². The van der Waals surface area contributed by atoms with Crippen molar-refractivity contribution in [3.05, 3.63) is 30.1 Å². The first-order valence-electron chi connectivity index (χ1n) is 4.29. The number of pyridine rings is 1. The van der Waals surface area contributed by atoms with E-state index in [0.29, 0.717) is 6.04 Å². The van der Waals surface area contributed by atoms with Gasteiger partial charge in [-0.1, -0.05) is 19.9 Å². The number of aromatic nitrogens is 1. The second-order valence-corrected chi connectivity index (χ2v) is 2.90. The van der Waals surface area contributed by atoms with Gasteiger partial charge in [-0.05, 0) is 11.6 Å². The lowest BCUT2D eigenvalue weighted by Gasteiger charge is -2.06. The van der Waals surface area contributed by atoms with Gasteiger partial charge in [-0.3, -0.25) is 9.70 Å². The molecule has 0 saturated heterocycles. The van der Waals surface area contributed by atoms with E-state index in [1.807, 2.05) is 12.3 Å². The standard InChI is InChI=1S/C9H14N2.FH/c1-8(2)11-7-9-4-3-5-10-6-9;/h3-6,8,11H,7H2,1-2H3;1H/i/hT. The van der Waals surface area contributed by atoms with E-state index in [-0.39, 0.29) is 0 Å². The van der Waals surface area contributed by atoms with Gasteiger partial charge in [-0.25, -0.2) is 0 Å². The van der Waals surface area contributed by atoms with Crippen molar-refractivity contribution in [1.82, 2.24) is 10.3 Å². The number of hydrogen-bond donors (Lipinski definition) is 1. The van der Waals surface area contributed by atoms with E-state index >= 15 is 0 Å². The van der Waals surface area contributed by atoms with Gasteiger partial charge in [0, 0.05) is 25.0 Å². The van der Waals surface area contributed by atoms with Gasteiger partial charge < -0.3 is 5.32 Å². The van der Waals surface area contributed by atoms with E-state index in [1.54, 1.807) is 6.20 Å². The summed E-state index contributed by atoms with van der Waals surface area (Å²) in [6.07, 6.45) is 3.67. The van der Waals surface area contributed by atoms with Gasteiger partial charge >= 0.3 is 0 Å². The fourth-order valence-corrected chi connectivity index (χ4v) is 0.825. The molecular weight excluding hydrogens is 155 g/mol. The van der Waals surface area contributed by atoms with Crippen molar-refractivity contribution < 1.29 is 4.72 Å². The number of hydrogen-bond acceptors (Lipinski definition) is 2. The van der Waals surface area contributed by atoms with Crippen LogP contribution in [0, 0.1) is 0 Å². The molecule has 12 heavy (non-hydrogen) atoms. The van der Waals surface area contributed by atoms with Crippen LogP contribution in [0.25, 0.3) is 0 Å². The molecule has 1 heterocycles. The predicted octanol–water partition coefficient (Wildman–Crippen LogP) is 1.73. The molecule has 68 valence electrons. The lowest BCUT2D eigenvalue weighted by molar-refractivity contribution is 0.588. The highest BCUT2D eigenvalue weighted by atomic mass is 19.0. The van der Waals surface area contributed by atoms with Crippen LogP contribution in [0.2, 0.25) is 0 Å². The third-order valence-electron chi connectivity index (χ3n) is 1.44. The van der Waals surface area contributed by atoms with Crippen LogP contribution < -0.4 is 5.32 Å². The molecule has 0 spiro atoms. The molecule has 1 rings (SSSR count). The molecule has 1 aromatic heterocycles. The predicted molar refractivity (Wildman–Crippen MR) is 48.7 cm³/mol. The Morgan fingerprint density at radius 3 is 2.92 bits per heavy atom. The van der Waals surface area contributed by atoms with Gasteiger partial charge in [0.2, 0.25) is 0 Å². The third kappa shape index (κ3) is 4.03. The Morgan fingerprint density at radius 1 is 1.67 bits per heavy atom. The van der Waals surface area contributed by atoms with Crippen molar-refractivity contribution in [1.29, 1.82) is 1.45 Å². The summed E-state index contributed by atoms with van der Waals surface area (Å²) in [7, 11) is 0. The fourth-order valence-electron chi connectivity index (χ4n) is 0.825. The summed E-state index contributed by atoms with van der Waals surface area (Å²) in [6.45, 7) is 5.18. The van der Waals surface area contributed by atoms with Crippen LogP contribution in [0.15, 0.2) is 24.5 Å². The van der Waals surface area contributed by atoms with Crippen molar-refractivity contribution in [3.63, 3.8) is 0 Å². The zero-order valence-corrected chi connectivity index (χ0v) is 7.42. The van der Waals surface area contributed by atoms with E-state index in [2.05, 4.69) is 31.7 Å². The quantitative estimate of drug-likeness (QED) is 0.751. The zero-order valence-electron chi connectivity index (χ0n) is 8.42. The Bertz CT molecular complexity index is 204. The summed E-state index contributed by atoms with van der Waals surface area (Å²) in [5, 5.41) is 3.32. The first kappa shape index (κ1) is 9.13. The van der Waals surface area contributed by atoms with Crippen molar-refractivity contribution in [3.8, 4) is 0 Å². The van der Waals surface area contributed by atoms with Gasteiger partial charge in [-0.15, -0.1) is 0 Å². The van der Waals surface area contributed by atoms with Gasteiger partial charge in [0.05, 0.1) is 0 Å². The van der Waals surface area contributed by atoms with Crippen molar-refractivity contribution in [2.45, 2.75) is 26.4 Å². The van der Waals surface area contributed by atoms with E-state index in [0.717, 1.165) is 6.54 Å². The van der Waals surface area contributed by atoms with E-state index < -0.39 is 0 Å². The molecule has 0 aliphatic rings. The van der Waals surface area contributed by atoms with Crippen LogP contribution in [0.5, 0.6) is 0 Å². The van der Waals surface area contributed by atoms with E-state index in [9.17, 15) is 0 Å². The van der Waals surface area contributed by atoms with Crippen LogP contribution >= 0.6 is 0 Å². The molecule has 0 radical (unpaired) electrons. The zero-order chi connectivity index (χ0) is 10.1. The molecular formula is C9H15FN2. The molecule has 0 atom stereocenters. The molecule has 0 aliphatic heterocycles. The maximum Gasteiger partial charge on any atom is 0.269 e. The molecule has 1 aromatic rings. The molecule has 0 aliphatic carbocycles. The Kier molecular flexibility index (Phi) is 4.31. The summed E-state index contributed by atoms with van der Waals surface area (Å²) in [5.74, 6) is 0. The number of nitrogens with zero attached hydrogens (tertiary/aromatic N) is 1. The lowest BCUT2D eigenvalue weighted by Crippen LogP contribution is -2.21. The normalized spacial score (nSPS) is 10.2. The molecule has 0 bridgehead atoms. The fraction of sp³-hybridized carbons (Fsp3) is 0.444. The van der Waals surface area contributed by atoms with Crippen molar-refractivity contribution in [2.24, 2.45) is 0 Å². The summed E-state index contributed by atoms with van der Waals surface area (Å²) in [6, 6.07) is 4.56. The highest BCUT2D eigenvalue weighted by Crippen LogP contribution is 1.94. The highest BCUT2D eigenvalue weighted by molar-refractivity contribution is 5.07. The van der Waals surface area contributed by atoms with Crippen LogP contribution in [0.4, 0.5) is 4.72 Å². The molecule has 0 aromatic carbocycles. The highest BCUT2D eigenvalue weighted by Gasteiger charge is 1.92. The molecule has 2 nitrogen and oxygen atoms in total. The largest absolute Gasteiger partial charge is 0.310 e. The van der Waals surface area contributed by atoms with E-state index in [1.165, 1.54) is 5.56 Å². The molecule has 1 N–H and O–H groups in total. The topological polar surface area (TPSA) is 24.9 Å². The maximum absolute atomic E-state index is 8.75. The maximum atomic E-state index is 8.75. The smallest absolute Gasteiger partial charge is 0.269 e. The Hall–Kier alpha value is -0.960. The van der Waals surface area contributed by atoms with Gasteiger partial charge in [0.15, 0.2) is 0 Å². The van der Waals surface area contributed by atoms with Crippen LogP contribution in [-0.2, 0) is 6.54 Å². The summed E-state index contributed by atoms with van der Waals surface area (Å²) < 4.78 is 13.0. The first-order chi connectivity index (χ1) is 6.29. The van der Waals surface area contributed by atoms with Crippen molar-refractivity contribution >= 4 is 0 Å². The Labute approximate surface area is 73.9 Å². The second kappa shape index (κ2) is 5.66. The summed E-state index contributed by atoms with van der Waals surface area (Å²) >= 11 is 0. The number of halogens is 1. The van der Waals surface area contributed by atoms with Gasteiger partial charge in [-0.2, -0.15) is 0 Å². The minimum absolute atomic E-state index is 0.537. The minimum Gasteiger partial charge on any atom is -0.310 e. The summed E-state index contributed by atoms with van der Waals surface area (Å²) in [5.41, 5.74) is 1.24. The average molecular weight is 172 g/mol. The molecule has 0 fully saturated rings. The molecule has 0 saturated carbocycles.